The average Bonchev–Trinajstić information content (AvgIpc) is 3.21. The Morgan fingerprint density at radius 3 is 2.38 bits per heavy atom. The van der Waals surface area contributed by atoms with Crippen LogP contribution in [0.5, 0.6) is 0 Å². The number of hydrogen-bond acceptors (Lipinski definition) is 4. The molecular weight excluding hydrogens is 308 g/mol. The van der Waals surface area contributed by atoms with Crippen molar-refractivity contribution >= 4 is 5.97 Å². The van der Waals surface area contributed by atoms with Crippen LogP contribution in [0.4, 0.5) is 0 Å². The number of esters is 1. The van der Waals surface area contributed by atoms with Gasteiger partial charge in [0.05, 0.1) is 19.1 Å². The summed E-state index contributed by atoms with van der Waals surface area (Å²) in [6.45, 7) is 0. The van der Waals surface area contributed by atoms with Crippen LogP contribution in [0.2, 0.25) is 0 Å². The molecule has 0 bridgehead atoms. The van der Waals surface area contributed by atoms with Crippen molar-refractivity contribution in [2.24, 2.45) is 0 Å². The Morgan fingerprint density at radius 1 is 1.19 bits per heavy atom. The van der Waals surface area contributed by atoms with Crippen molar-refractivity contribution in [2.45, 2.75) is 0 Å². The van der Waals surface area contributed by atoms with E-state index in [9.17, 15) is 4.79 Å². The topological polar surface area (TPSA) is 52.1 Å². The van der Waals surface area contributed by atoms with E-state index in [1.807, 2.05) is 54.6 Å². The third-order valence-corrected chi connectivity index (χ3v) is 2.62. The van der Waals surface area contributed by atoms with Crippen molar-refractivity contribution in [1.29, 1.82) is 0 Å². The first-order valence-corrected chi connectivity index (χ1v) is 6.10. The zero-order valence-electron chi connectivity index (χ0n) is 11.4. The van der Waals surface area contributed by atoms with Gasteiger partial charge in [0.25, 0.3) is 0 Å². The maximum Gasteiger partial charge on any atom is 2.00 e. The largest absolute Gasteiger partial charge is 2.00 e. The van der Waals surface area contributed by atoms with Crippen LogP contribution >= 0.6 is 0 Å². The van der Waals surface area contributed by atoms with Gasteiger partial charge in [-0.3, -0.25) is 14.8 Å². The number of carbonyl (C=O) groups is 1. The molecule has 4 nitrogen and oxygen atoms in total. The summed E-state index contributed by atoms with van der Waals surface area (Å²) >= 11 is 0. The molecule has 1 aromatic heterocycles. The minimum absolute atomic E-state index is 0. The smallest absolute Gasteiger partial charge is 0.470 e. The van der Waals surface area contributed by atoms with E-state index in [1.165, 1.54) is 13.4 Å². The average molecular weight is 322 g/mol. The summed E-state index contributed by atoms with van der Waals surface area (Å²) in [6, 6.07) is 17.6. The molecule has 0 unspecified atom stereocenters. The second kappa shape index (κ2) is 8.84. The van der Waals surface area contributed by atoms with Crippen LogP contribution in [0.1, 0.15) is 10.5 Å². The molecule has 3 rings (SSSR count). The summed E-state index contributed by atoms with van der Waals surface area (Å²) in [5.41, 5.74) is 1.89. The first-order chi connectivity index (χ1) is 9.83. The minimum Gasteiger partial charge on any atom is -0.470 e. The molecule has 0 atom stereocenters. The number of methoxy groups -OCH3 is 1. The van der Waals surface area contributed by atoms with Gasteiger partial charge in [0, 0.05) is 0 Å². The molecule has 3 aromatic rings. The first kappa shape index (κ1) is 16.8. The quantitative estimate of drug-likeness (QED) is 0.413. The fraction of sp³-hybridized carbons (Fsp3) is 0.0625. The number of rotatable bonds is 2. The Balaban J connectivity index is 0.000000313. The predicted octanol–water partition coefficient (Wildman–Crippen LogP) is 3.05. The Morgan fingerprint density at radius 2 is 1.86 bits per heavy atom. The third-order valence-electron chi connectivity index (χ3n) is 2.62. The summed E-state index contributed by atoms with van der Waals surface area (Å²) in [4.78, 5) is 19.2. The van der Waals surface area contributed by atoms with Crippen molar-refractivity contribution in [2.75, 3.05) is 7.11 Å². The van der Waals surface area contributed by atoms with Crippen LogP contribution in [0, 0.1) is 0 Å². The summed E-state index contributed by atoms with van der Waals surface area (Å²) in [5, 5.41) is 0. The zero-order valence-corrected chi connectivity index (χ0v) is 12.5. The van der Waals surface area contributed by atoms with Gasteiger partial charge in [-0.15, -0.1) is 12.1 Å². The summed E-state index contributed by atoms with van der Waals surface area (Å²) in [5.74, 6) is -0.450. The molecule has 1 heterocycles. The molecule has 2 aromatic carbocycles. The van der Waals surface area contributed by atoms with Crippen molar-refractivity contribution < 1.29 is 26.6 Å². The molecule has 0 aliphatic rings. The molecule has 0 spiro atoms. The van der Waals surface area contributed by atoms with Gasteiger partial charge in [-0.25, -0.2) is 12.1 Å². The van der Waals surface area contributed by atoms with Crippen LogP contribution in [-0.2, 0) is 21.8 Å². The number of nitrogens with zero attached hydrogens (tertiary/aromatic N) is 2. The second-order valence-electron chi connectivity index (χ2n) is 3.91. The van der Waals surface area contributed by atoms with E-state index in [-0.39, 0.29) is 17.1 Å². The fourth-order valence-corrected chi connectivity index (χ4v) is 1.67. The van der Waals surface area contributed by atoms with Crippen molar-refractivity contribution in [3.8, 4) is 11.1 Å². The number of aromatic nitrogens is 2. The van der Waals surface area contributed by atoms with E-state index < -0.39 is 5.97 Å². The number of ether oxygens (including phenoxy) is 1. The van der Waals surface area contributed by atoms with Crippen molar-refractivity contribution in [1.82, 2.24) is 9.97 Å². The monoisotopic (exact) mass is 322 g/mol. The van der Waals surface area contributed by atoms with E-state index in [4.69, 9.17) is 0 Å². The molecule has 0 aliphatic carbocycles. The Hall–Kier alpha value is -2.23. The van der Waals surface area contributed by atoms with Gasteiger partial charge in [0.1, 0.15) is 0 Å². The Bertz CT molecular complexity index is 617. The van der Waals surface area contributed by atoms with Crippen LogP contribution in [0.15, 0.2) is 67.1 Å². The first-order valence-electron chi connectivity index (χ1n) is 6.10. The van der Waals surface area contributed by atoms with Crippen LogP contribution < -0.4 is 0 Å². The van der Waals surface area contributed by atoms with Gasteiger partial charge in [-0.2, -0.15) is 30.3 Å². The molecule has 0 radical (unpaired) electrons. The van der Waals surface area contributed by atoms with E-state index in [0.717, 1.165) is 5.56 Å². The molecule has 0 fully saturated rings. The van der Waals surface area contributed by atoms with E-state index >= 15 is 0 Å². The second-order valence-corrected chi connectivity index (χ2v) is 3.91. The standard InChI is InChI=1S/C11H9N2O2.C5H5.Fe/c1-15-11(14)10-9(6-12-7-13-10)8-4-2-3-5-8;1-2-4-5-3-1;/h2-7H,1H3;1-5H;/q2*-1;+2. The maximum absolute atomic E-state index is 11.4. The molecular formula is C16H14FeN2O2. The summed E-state index contributed by atoms with van der Waals surface area (Å²) in [7, 11) is 1.33. The molecule has 21 heavy (non-hydrogen) atoms. The molecule has 0 aliphatic heterocycles. The van der Waals surface area contributed by atoms with Crippen LogP contribution in [0.3, 0.4) is 0 Å². The minimum atomic E-state index is -0.450. The fourth-order valence-electron chi connectivity index (χ4n) is 1.67. The third kappa shape index (κ3) is 4.67. The van der Waals surface area contributed by atoms with E-state index in [2.05, 4.69) is 14.7 Å². The molecule has 0 saturated carbocycles. The van der Waals surface area contributed by atoms with Gasteiger partial charge < -0.3 is 4.74 Å². The van der Waals surface area contributed by atoms with Crippen molar-refractivity contribution in [3.05, 3.63) is 72.8 Å². The van der Waals surface area contributed by atoms with Gasteiger partial charge in [-0.05, 0) is 6.20 Å². The SMILES string of the molecule is COC(=O)c1ncncc1-[c-]1cccc1.[Fe+2].c1cc[cH-]c1. The van der Waals surface area contributed by atoms with Crippen LogP contribution in [-0.4, -0.2) is 23.0 Å². The molecule has 108 valence electrons. The molecule has 0 amide bonds. The summed E-state index contributed by atoms with van der Waals surface area (Å²) in [6.07, 6.45) is 2.94. The van der Waals surface area contributed by atoms with Gasteiger partial charge in [0.2, 0.25) is 0 Å². The number of carbonyl (C=O) groups excluding carboxylic acids is 1. The van der Waals surface area contributed by atoms with Gasteiger partial charge in [0.15, 0.2) is 0 Å². The summed E-state index contributed by atoms with van der Waals surface area (Å²) < 4.78 is 4.65. The normalized spacial score (nSPS) is 9.00. The Labute approximate surface area is 134 Å². The van der Waals surface area contributed by atoms with Gasteiger partial charge >= 0.3 is 23.0 Å². The van der Waals surface area contributed by atoms with E-state index in [1.54, 1.807) is 6.20 Å². The van der Waals surface area contributed by atoms with Crippen LogP contribution in [0.25, 0.3) is 11.1 Å². The zero-order chi connectivity index (χ0) is 14.2. The van der Waals surface area contributed by atoms with Gasteiger partial charge in [-0.1, -0.05) is 11.1 Å². The number of hydrogen-bond donors (Lipinski definition) is 0. The predicted molar refractivity (Wildman–Crippen MR) is 76.4 cm³/mol. The molecule has 0 N–H and O–H groups in total. The maximum atomic E-state index is 11.4. The molecule has 5 heteroatoms. The van der Waals surface area contributed by atoms with Crippen molar-refractivity contribution in [3.63, 3.8) is 0 Å². The Kier molecular flexibility index (Phi) is 7.09. The van der Waals surface area contributed by atoms with E-state index in [0.29, 0.717) is 11.3 Å². The molecule has 0 saturated heterocycles.